The molecule has 1 amide bonds. The number of methoxy groups -OCH3 is 1. The van der Waals surface area contributed by atoms with Gasteiger partial charge in [-0.3, -0.25) is 9.59 Å². The van der Waals surface area contributed by atoms with E-state index in [0.717, 1.165) is 27.8 Å². The summed E-state index contributed by atoms with van der Waals surface area (Å²) in [6.07, 6.45) is 4.43. The van der Waals surface area contributed by atoms with Gasteiger partial charge in [-0.1, -0.05) is 46.3 Å². The molecule has 1 aliphatic heterocycles. The van der Waals surface area contributed by atoms with Crippen LogP contribution in [0.5, 0.6) is 0 Å². The lowest BCUT2D eigenvalue weighted by molar-refractivity contribution is -0.144. The summed E-state index contributed by atoms with van der Waals surface area (Å²) >= 11 is 3.58. The van der Waals surface area contributed by atoms with Crippen LogP contribution in [0.3, 0.4) is 0 Å². The molecule has 1 N–H and O–H groups in total. The Hall–Kier alpha value is -3.13. The van der Waals surface area contributed by atoms with Crippen LogP contribution < -0.4 is 4.90 Å². The second-order valence-corrected chi connectivity index (χ2v) is 9.09. The van der Waals surface area contributed by atoms with Crippen LogP contribution in [-0.4, -0.2) is 46.4 Å². The highest BCUT2D eigenvalue weighted by Crippen LogP contribution is 2.32. The lowest BCUT2D eigenvalue weighted by atomic mass is 10.0. The molecule has 8 heteroatoms. The van der Waals surface area contributed by atoms with E-state index in [1.165, 1.54) is 12.7 Å². The van der Waals surface area contributed by atoms with E-state index in [-0.39, 0.29) is 30.8 Å². The third-order valence-corrected chi connectivity index (χ3v) is 6.41. The Morgan fingerprint density at radius 1 is 1.18 bits per heavy atom. The van der Waals surface area contributed by atoms with Crippen molar-refractivity contribution in [3.63, 3.8) is 0 Å². The summed E-state index contributed by atoms with van der Waals surface area (Å²) in [7, 11) is 1.35. The smallest absolute Gasteiger partial charge is 0.306 e. The zero-order valence-electron chi connectivity index (χ0n) is 18.5. The number of carbonyl (C=O) groups is 2. The molecule has 4 rings (SSSR count). The summed E-state index contributed by atoms with van der Waals surface area (Å²) < 4.78 is 5.71. The predicted octanol–water partition coefficient (Wildman–Crippen LogP) is 4.09. The summed E-state index contributed by atoms with van der Waals surface area (Å²) in [5.74, 6) is -0.419. The van der Waals surface area contributed by atoms with Gasteiger partial charge in [-0.15, -0.1) is 0 Å². The molecule has 1 aliphatic rings. The monoisotopic (exact) mass is 510 g/mol. The fourth-order valence-electron chi connectivity index (χ4n) is 4.29. The minimum absolute atomic E-state index is 0.0457. The molecule has 33 heavy (non-hydrogen) atoms. The van der Waals surface area contributed by atoms with E-state index < -0.39 is 0 Å². The van der Waals surface area contributed by atoms with Gasteiger partial charge < -0.3 is 19.5 Å². The first kappa shape index (κ1) is 23.0. The van der Waals surface area contributed by atoms with Crippen LogP contribution >= 0.6 is 15.9 Å². The van der Waals surface area contributed by atoms with Crippen molar-refractivity contribution in [1.82, 2.24) is 14.9 Å². The SMILES string of the molecule is COC(=O)CCC(=O)N1Cc2cc(Br)ccc2N(Cc2cnc[nH]2)C[C@H]1Cc1ccccc1. The molecule has 0 saturated carbocycles. The summed E-state index contributed by atoms with van der Waals surface area (Å²) in [6.45, 7) is 1.79. The van der Waals surface area contributed by atoms with Gasteiger partial charge in [0.2, 0.25) is 5.91 Å². The lowest BCUT2D eigenvalue weighted by Crippen LogP contribution is -2.45. The van der Waals surface area contributed by atoms with Crippen LogP contribution in [0.2, 0.25) is 0 Å². The molecule has 0 radical (unpaired) electrons. The van der Waals surface area contributed by atoms with Gasteiger partial charge in [-0.25, -0.2) is 4.98 Å². The van der Waals surface area contributed by atoms with Crippen molar-refractivity contribution in [1.29, 1.82) is 0 Å². The second-order valence-electron chi connectivity index (χ2n) is 8.17. The van der Waals surface area contributed by atoms with Crippen molar-refractivity contribution >= 4 is 33.5 Å². The number of benzene rings is 2. The molecule has 0 aliphatic carbocycles. The van der Waals surface area contributed by atoms with E-state index in [9.17, 15) is 9.59 Å². The molecular formula is C25H27BrN4O3. The number of aromatic nitrogens is 2. The number of rotatable bonds is 7. The van der Waals surface area contributed by atoms with Crippen molar-refractivity contribution in [2.75, 3.05) is 18.6 Å². The minimum Gasteiger partial charge on any atom is -0.469 e. The highest BCUT2D eigenvalue weighted by Gasteiger charge is 2.31. The Labute approximate surface area is 201 Å². The number of aromatic amines is 1. The number of hydrogen-bond acceptors (Lipinski definition) is 5. The fraction of sp³-hybridized carbons (Fsp3) is 0.320. The van der Waals surface area contributed by atoms with E-state index in [0.29, 0.717) is 19.6 Å². The molecule has 0 spiro atoms. The van der Waals surface area contributed by atoms with Gasteiger partial charge in [-0.05, 0) is 35.7 Å². The second kappa shape index (κ2) is 10.7. The number of ether oxygens (including phenoxy) is 1. The van der Waals surface area contributed by atoms with Crippen LogP contribution in [0.15, 0.2) is 65.5 Å². The first-order valence-electron chi connectivity index (χ1n) is 10.9. The molecular weight excluding hydrogens is 484 g/mol. The molecule has 2 heterocycles. The number of nitrogens with one attached hydrogen (secondary N) is 1. The number of hydrogen-bond donors (Lipinski definition) is 1. The third kappa shape index (κ3) is 5.82. The number of nitrogens with zero attached hydrogens (tertiary/aromatic N) is 3. The fourth-order valence-corrected chi connectivity index (χ4v) is 4.70. The summed E-state index contributed by atoms with van der Waals surface area (Å²) in [5.41, 5.74) is 4.33. The molecule has 0 saturated heterocycles. The Morgan fingerprint density at radius 2 is 2.00 bits per heavy atom. The van der Waals surface area contributed by atoms with E-state index >= 15 is 0 Å². The van der Waals surface area contributed by atoms with Gasteiger partial charge in [0.25, 0.3) is 0 Å². The summed E-state index contributed by atoms with van der Waals surface area (Å²) in [6, 6.07) is 16.3. The van der Waals surface area contributed by atoms with Gasteiger partial charge in [-0.2, -0.15) is 0 Å². The van der Waals surface area contributed by atoms with Crippen LogP contribution in [-0.2, 0) is 33.8 Å². The minimum atomic E-state index is -0.373. The van der Waals surface area contributed by atoms with E-state index in [4.69, 9.17) is 4.74 Å². The van der Waals surface area contributed by atoms with Crippen molar-refractivity contribution < 1.29 is 14.3 Å². The molecule has 3 aromatic rings. The first-order valence-corrected chi connectivity index (χ1v) is 11.7. The van der Waals surface area contributed by atoms with Crippen LogP contribution in [0.4, 0.5) is 5.69 Å². The number of H-pyrrole nitrogens is 1. The average molecular weight is 511 g/mol. The van der Waals surface area contributed by atoms with Gasteiger partial charge in [0.15, 0.2) is 0 Å². The van der Waals surface area contributed by atoms with Crippen LogP contribution in [0, 0.1) is 0 Å². The standard InChI is InChI=1S/C25H27BrN4O3/c1-33-25(32)10-9-24(31)30-14-19-12-20(26)7-8-23(19)29(15-21-13-27-17-28-21)16-22(30)11-18-5-3-2-4-6-18/h2-8,12-13,17,22H,9-11,14-16H2,1H3,(H,27,28)/t22-/m1/s1. The molecule has 172 valence electrons. The van der Waals surface area contributed by atoms with Crippen LogP contribution in [0.25, 0.3) is 0 Å². The van der Waals surface area contributed by atoms with Gasteiger partial charge in [0, 0.05) is 35.9 Å². The maximum absolute atomic E-state index is 13.4. The zero-order chi connectivity index (χ0) is 23.2. The van der Waals surface area contributed by atoms with Gasteiger partial charge >= 0.3 is 5.97 Å². The Balaban J connectivity index is 1.68. The largest absolute Gasteiger partial charge is 0.469 e. The van der Waals surface area contributed by atoms with Crippen LogP contribution in [0.1, 0.15) is 29.7 Å². The predicted molar refractivity (Wildman–Crippen MR) is 130 cm³/mol. The number of esters is 1. The third-order valence-electron chi connectivity index (χ3n) is 5.92. The number of halogens is 1. The molecule has 0 bridgehead atoms. The number of fused-ring (bicyclic) bond motifs is 1. The lowest BCUT2D eigenvalue weighted by Gasteiger charge is -2.33. The van der Waals surface area contributed by atoms with E-state index in [2.05, 4.69) is 55.1 Å². The van der Waals surface area contributed by atoms with E-state index in [1.54, 1.807) is 6.33 Å². The van der Waals surface area contributed by atoms with Crippen molar-refractivity contribution in [2.45, 2.75) is 38.4 Å². The highest BCUT2D eigenvalue weighted by molar-refractivity contribution is 9.10. The molecule has 1 atom stereocenters. The molecule has 7 nitrogen and oxygen atoms in total. The zero-order valence-corrected chi connectivity index (χ0v) is 20.1. The quantitative estimate of drug-likeness (QED) is 0.484. The Kier molecular flexibility index (Phi) is 7.44. The molecule has 0 unspecified atom stereocenters. The maximum Gasteiger partial charge on any atom is 0.306 e. The maximum atomic E-state index is 13.4. The number of amides is 1. The Morgan fingerprint density at radius 3 is 2.73 bits per heavy atom. The number of anilines is 1. The molecule has 1 aromatic heterocycles. The molecule has 2 aromatic carbocycles. The number of carbonyl (C=O) groups excluding carboxylic acids is 2. The summed E-state index contributed by atoms with van der Waals surface area (Å²) in [5, 5.41) is 0. The average Bonchev–Trinajstić information content (AvgIpc) is 3.28. The Bertz CT molecular complexity index is 1090. The van der Waals surface area contributed by atoms with Crippen molar-refractivity contribution in [2.24, 2.45) is 0 Å². The van der Waals surface area contributed by atoms with Crippen molar-refractivity contribution in [3.8, 4) is 0 Å². The molecule has 0 fully saturated rings. The van der Waals surface area contributed by atoms with Gasteiger partial charge in [0.05, 0.1) is 38.1 Å². The first-order chi connectivity index (χ1) is 16.0. The van der Waals surface area contributed by atoms with Gasteiger partial charge in [0.1, 0.15) is 0 Å². The summed E-state index contributed by atoms with van der Waals surface area (Å²) in [4.78, 5) is 36.6. The number of imidazole rings is 1. The topological polar surface area (TPSA) is 78.5 Å². The van der Waals surface area contributed by atoms with E-state index in [1.807, 2.05) is 35.4 Å². The highest BCUT2D eigenvalue weighted by atomic mass is 79.9. The normalized spacial score (nSPS) is 15.6. The van der Waals surface area contributed by atoms with Crippen molar-refractivity contribution in [3.05, 3.63) is 82.3 Å².